The van der Waals surface area contributed by atoms with E-state index in [0.29, 0.717) is 13.0 Å². The van der Waals surface area contributed by atoms with Gasteiger partial charge in [-0.15, -0.1) is 0 Å². The number of imide groups is 1. The number of unbranched alkanes of at least 4 members (excludes halogenated alkanes) is 2. The molecule has 0 aliphatic carbocycles. The molecule has 0 fully saturated rings. The van der Waals surface area contributed by atoms with Crippen molar-refractivity contribution in [3.8, 4) is 0 Å². The average Bonchev–Trinajstić information content (AvgIpc) is 2.13. The van der Waals surface area contributed by atoms with Crippen molar-refractivity contribution in [3.63, 3.8) is 0 Å². The maximum Gasteiger partial charge on any atom is 0.323 e. The van der Waals surface area contributed by atoms with Crippen molar-refractivity contribution in [1.29, 1.82) is 0 Å². The summed E-state index contributed by atoms with van der Waals surface area (Å²) in [6, 6.07) is -0.298. The summed E-state index contributed by atoms with van der Waals surface area (Å²) >= 11 is 0. The molecule has 0 aromatic rings. The van der Waals surface area contributed by atoms with E-state index in [-0.39, 0.29) is 6.03 Å². The highest BCUT2D eigenvalue weighted by Crippen LogP contribution is 1.98. The third-order valence-electron chi connectivity index (χ3n) is 1.88. The number of urea groups is 1. The molecule has 0 aliphatic heterocycles. The minimum absolute atomic E-state index is 0.298. The molecule has 0 heterocycles. The largest absolute Gasteiger partial charge is 0.325 e. The van der Waals surface area contributed by atoms with Crippen molar-refractivity contribution in [2.24, 2.45) is 0 Å². The predicted octanol–water partition coefficient (Wildman–Crippen LogP) is 1.36. The Morgan fingerprint density at radius 3 is 2.54 bits per heavy atom. The molecule has 0 aromatic heterocycles. The second kappa shape index (κ2) is 7.58. The van der Waals surface area contributed by atoms with E-state index in [9.17, 15) is 9.59 Å². The molecule has 76 valence electrons. The Kier molecular flexibility index (Phi) is 6.96. The van der Waals surface area contributed by atoms with Crippen LogP contribution >= 0.6 is 0 Å². The zero-order valence-electron chi connectivity index (χ0n) is 8.38. The van der Waals surface area contributed by atoms with E-state index in [1.807, 2.05) is 6.92 Å². The second-order valence-electron chi connectivity index (χ2n) is 2.85. The van der Waals surface area contributed by atoms with E-state index in [2.05, 4.69) is 12.2 Å². The van der Waals surface area contributed by atoms with Crippen molar-refractivity contribution >= 4 is 12.4 Å². The zero-order valence-corrected chi connectivity index (χ0v) is 8.38. The third kappa shape index (κ3) is 5.22. The fourth-order valence-electron chi connectivity index (χ4n) is 1.10. The van der Waals surface area contributed by atoms with Gasteiger partial charge in [0.15, 0.2) is 0 Å². The molecule has 0 rings (SSSR count). The molecular formula is C9H18N2O2. The molecule has 0 aliphatic rings. The van der Waals surface area contributed by atoms with Crippen molar-refractivity contribution in [2.75, 3.05) is 13.1 Å². The third-order valence-corrected chi connectivity index (χ3v) is 1.88. The Labute approximate surface area is 79.3 Å². The summed E-state index contributed by atoms with van der Waals surface area (Å²) in [7, 11) is 0. The molecule has 1 N–H and O–H groups in total. The number of hydrogen-bond acceptors (Lipinski definition) is 2. The molecule has 4 nitrogen and oxygen atoms in total. The first kappa shape index (κ1) is 11.9. The van der Waals surface area contributed by atoms with Crippen LogP contribution in [0.15, 0.2) is 0 Å². The van der Waals surface area contributed by atoms with Crippen LogP contribution in [0, 0.1) is 0 Å². The quantitative estimate of drug-likeness (QED) is 0.503. The van der Waals surface area contributed by atoms with E-state index in [4.69, 9.17) is 0 Å². The van der Waals surface area contributed by atoms with Crippen molar-refractivity contribution in [2.45, 2.75) is 33.1 Å². The van der Waals surface area contributed by atoms with Gasteiger partial charge in [0.25, 0.3) is 0 Å². The number of carbonyl (C=O) groups excluding carboxylic acids is 2. The SMILES string of the molecule is CCCCCN(CC)C(=O)NC=O. The first-order valence-electron chi connectivity index (χ1n) is 4.75. The maximum atomic E-state index is 11.2. The highest BCUT2D eigenvalue weighted by Gasteiger charge is 2.08. The van der Waals surface area contributed by atoms with Gasteiger partial charge in [0, 0.05) is 13.1 Å². The van der Waals surface area contributed by atoms with Gasteiger partial charge in [-0.1, -0.05) is 19.8 Å². The van der Waals surface area contributed by atoms with Gasteiger partial charge in [0.05, 0.1) is 0 Å². The molecule has 0 bridgehead atoms. The van der Waals surface area contributed by atoms with Crippen LogP contribution in [0.5, 0.6) is 0 Å². The number of carbonyl (C=O) groups is 2. The van der Waals surface area contributed by atoms with Crippen molar-refractivity contribution < 1.29 is 9.59 Å². The topological polar surface area (TPSA) is 49.4 Å². The van der Waals surface area contributed by atoms with Crippen LogP contribution in [-0.2, 0) is 4.79 Å². The van der Waals surface area contributed by atoms with E-state index < -0.39 is 0 Å². The number of hydrogen-bond donors (Lipinski definition) is 1. The van der Waals surface area contributed by atoms with Crippen LogP contribution in [0.4, 0.5) is 4.79 Å². The monoisotopic (exact) mass is 186 g/mol. The van der Waals surface area contributed by atoms with Gasteiger partial charge in [0.2, 0.25) is 6.41 Å². The molecule has 4 heteroatoms. The Bertz CT molecular complexity index is 160. The van der Waals surface area contributed by atoms with Crippen LogP contribution in [0.3, 0.4) is 0 Å². The summed E-state index contributed by atoms with van der Waals surface area (Å²) < 4.78 is 0. The molecular weight excluding hydrogens is 168 g/mol. The van der Waals surface area contributed by atoms with Crippen LogP contribution in [0.1, 0.15) is 33.1 Å². The highest BCUT2D eigenvalue weighted by molar-refractivity contribution is 5.84. The Balaban J connectivity index is 3.73. The molecule has 0 saturated heterocycles. The zero-order chi connectivity index (χ0) is 10.1. The lowest BCUT2D eigenvalue weighted by molar-refractivity contribution is -0.108. The summed E-state index contributed by atoms with van der Waals surface area (Å²) in [6.45, 7) is 5.38. The van der Waals surface area contributed by atoms with Gasteiger partial charge in [-0.3, -0.25) is 10.1 Å². The minimum Gasteiger partial charge on any atom is -0.325 e. The normalized spacial score (nSPS) is 9.38. The van der Waals surface area contributed by atoms with E-state index in [1.165, 1.54) is 0 Å². The van der Waals surface area contributed by atoms with Gasteiger partial charge >= 0.3 is 6.03 Å². The fourth-order valence-corrected chi connectivity index (χ4v) is 1.10. The first-order chi connectivity index (χ1) is 6.26. The van der Waals surface area contributed by atoms with Crippen molar-refractivity contribution in [1.82, 2.24) is 10.2 Å². The van der Waals surface area contributed by atoms with E-state index in [1.54, 1.807) is 4.90 Å². The molecule has 13 heavy (non-hydrogen) atoms. The van der Waals surface area contributed by atoms with Crippen LogP contribution in [-0.4, -0.2) is 30.4 Å². The van der Waals surface area contributed by atoms with Crippen LogP contribution < -0.4 is 5.32 Å². The highest BCUT2D eigenvalue weighted by atomic mass is 16.2. The molecule has 0 spiro atoms. The lowest BCUT2D eigenvalue weighted by Crippen LogP contribution is -2.39. The summed E-state index contributed by atoms with van der Waals surface area (Å²) in [5, 5.41) is 2.13. The first-order valence-corrected chi connectivity index (χ1v) is 4.75. The fraction of sp³-hybridized carbons (Fsp3) is 0.778. The van der Waals surface area contributed by atoms with E-state index in [0.717, 1.165) is 25.8 Å². The number of amides is 3. The van der Waals surface area contributed by atoms with Gasteiger partial charge in [0.1, 0.15) is 0 Å². The lowest BCUT2D eigenvalue weighted by Gasteiger charge is -2.19. The smallest absolute Gasteiger partial charge is 0.323 e. The molecule has 0 atom stereocenters. The Morgan fingerprint density at radius 2 is 2.08 bits per heavy atom. The van der Waals surface area contributed by atoms with Gasteiger partial charge in [-0.25, -0.2) is 4.79 Å². The number of nitrogens with one attached hydrogen (secondary N) is 1. The Hall–Kier alpha value is -1.06. The van der Waals surface area contributed by atoms with E-state index >= 15 is 0 Å². The minimum atomic E-state index is -0.298. The molecule has 0 aromatic carbocycles. The standard InChI is InChI=1S/C9H18N2O2/c1-3-5-6-7-11(4-2)9(13)10-8-12/h8H,3-7H2,1-2H3,(H,10,12,13). The van der Waals surface area contributed by atoms with Crippen LogP contribution in [0.2, 0.25) is 0 Å². The molecule has 0 radical (unpaired) electrons. The van der Waals surface area contributed by atoms with Gasteiger partial charge in [-0.2, -0.15) is 0 Å². The van der Waals surface area contributed by atoms with Crippen LogP contribution in [0.25, 0.3) is 0 Å². The average molecular weight is 186 g/mol. The summed E-state index contributed by atoms with van der Waals surface area (Å²) in [5.74, 6) is 0. The summed E-state index contributed by atoms with van der Waals surface area (Å²) in [6.07, 6.45) is 3.67. The summed E-state index contributed by atoms with van der Waals surface area (Å²) in [5.41, 5.74) is 0. The predicted molar refractivity (Wildman–Crippen MR) is 51.4 cm³/mol. The second-order valence-corrected chi connectivity index (χ2v) is 2.85. The lowest BCUT2D eigenvalue weighted by atomic mass is 10.2. The summed E-state index contributed by atoms with van der Waals surface area (Å²) in [4.78, 5) is 22.8. The Morgan fingerprint density at radius 1 is 1.38 bits per heavy atom. The molecule has 0 unspecified atom stereocenters. The van der Waals surface area contributed by atoms with Gasteiger partial charge in [-0.05, 0) is 13.3 Å². The number of nitrogens with zero attached hydrogens (tertiary/aromatic N) is 1. The number of rotatable bonds is 6. The maximum absolute atomic E-state index is 11.2. The van der Waals surface area contributed by atoms with Crippen molar-refractivity contribution in [3.05, 3.63) is 0 Å². The molecule has 3 amide bonds. The van der Waals surface area contributed by atoms with Gasteiger partial charge < -0.3 is 4.90 Å². The molecule has 0 saturated carbocycles.